The summed E-state index contributed by atoms with van der Waals surface area (Å²) in [6.45, 7) is 0.753. The van der Waals surface area contributed by atoms with Crippen molar-refractivity contribution in [3.8, 4) is 5.75 Å². The number of imidazole rings is 1. The Morgan fingerprint density at radius 1 is 1.50 bits per heavy atom. The number of rotatable bonds is 0. The molecule has 1 atom stereocenters. The molecule has 2 heterocycles. The molecule has 0 radical (unpaired) electrons. The Bertz CT molecular complexity index is 503. The average molecular weight is 189 g/mol. The SMILES string of the molecule is NC1Cc2nc3cccc(O)c3n2C1. The highest BCUT2D eigenvalue weighted by Crippen LogP contribution is 2.28. The van der Waals surface area contributed by atoms with Crippen molar-refractivity contribution in [3.63, 3.8) is 0 Å². The maximum atomic E-state index is 9.71. The lowest BCUT2D eigenvalue weighted by atomic mass is 10.2. The van der Waals surface area contributed by atoms with Crippen LogP contribution in [0.1, 0.15) is 5.82 Å². The minimum atomic E-state index is 0.140. The van der Waals surface area contributed by atoms with E-state index in [1.165, 1.54) is 0 Å². The van der Waals surface area contributed by atoms with E-state index in [2.05, 4.69) is 4.98 Å². The molecular formula is C10H11N3O. The van der Waals surface area contributed by atoms with Gasteiger partial charge in [-0.1, -0.05) is 6.07 Å². The third-order valence-electron chi connectivity index (χ3n) is 2.69. The molecule has 1 aromatic carbocycles. The van der Waals surface area contributed by atoms with E-state index < -0.39 is 0 Å². The van der Waals surface area contributed by atoms with Crippen LogP contribution in [0.15, 0.2) is 18.2 Å². The van der Waals surface area contributed by atoms with Crippen LogP contribution in [0.3, 0.4) is 0 Å². The summed E-state index contributed by atoms with van der Waals surface area (Å²) < 4.78 is 2.01. The summed E-state index contributed by atoms with van der Waals surface area (Å²) in [6.07, 6.45) is 0.800. The molecule has 14 heavy (non-hydrogen) atoms. The quantitative estimate of drug-likeness (QED) is 0.638. The maximum Gasteiger partial charge on any atom is 0.141 e. The van der Waals surface area contributed by atoms with Gasteiger partial charge < -0.3 is 15.4 Å². The van der Waals surface area contributed by atoms with Gasteiger partial charge in [0.1, 0.15) is 17.1 Å². The topological polar surface area (TPSA) is 64.1 Å². The summed E-state index contributed by atoms with van der Waals surface area (Å²) in [5, 5.41) is 9.71. The summed E-state index contributed by atoms with van der Waals surface area (Å²) >= 11 is 0. The smallest absolute Gasteiger partial charge is 0.141 e. The lowest BCUT2D eigenvalue weighted by Gasteiger charge is -2.02. The van der Waals surface area contributed by atoms with Crippen LogP contribution in [-0.2, 0) is 13.0 Å². The molecule has 2 aromatic rings. The molecule has 0 amide bonds. The Kier molecular flexibility index (Phi) is 1.39. The van der Waals surface area contributed by atoms with E-state index in [0.717, 1.165) is 29.8 Å². The molecule has 4 heteroatoms. The van der Waals surface area contributed by atoms with E-state index >= 15 is 0 Å². The number of phenols is 1. The van der Waals surface area contributed by atoms with E-state index in [1.54, 1.807) is 12.1 Å². The van der Waals surface area contributed by atoms with Crippen molar-refractivity contribution in [2.45, 2.75) is 19.0 Å². The number of phenolic OH excluding ortho intramolecular Hbond substituents is 1. The minimum Gasteiger partial charge on any atom is -0.506 e. The summed E-state index contributed by atoms with van der Waals surface area (Å²) in [5.74, 6) is 1.27. The Labute approximate surface area is 81.0 Å². The molecule has 1 aliphatic heterocycles. The van der Waals surface area contributed by atoms with Gasteiger partial charge in [-0.25, -0.2) is 4.98 Å². The molecular weight excluding hydrogens is 178 g/mol. The zero-order valence-electron chi connectivity index (χ0n) is 7.64. The number of nitrogens with zero attached hydrogens (tertiary/aromatic N) is 2. The number of aromatic hydroxyl groups is 1. The van der Waals surface area contributed by atoms with Gasteiger partial charge in [-0.15, -0.1) is 0 Å². The predicted molar refractivity (Wildman–Crippen MR) is 53.1 cm³/mol. The van der Waals surface area contributed by atoms with Gasteiger partial charge in [-0.05, 0) is 12.1 Å². The number of benzene rings is 1. The Morgan fingerprint density at radius 2 is 2.36 bits per heavy atom. The zero-order chi connectivity index (χ0) is 9.71. The van der Waals surface area contributed by atoms with Crippen LogP contribution in [0.25, 0.3) is 11.0 Å². The van der Waals surface area contributed by atoms with E-state index in [9.17, 15) is 5.11 Å². The first-order chi connectivity index (χ1) is 6.75. The molecule has 3 N–H and O–H groups in total. The fourth-order valence-electron chi connectivity index (χ4n) is 2.10. The number of para-hydroxylation sites is 1. The molecule has 0 bridgehead atoms. The highest BCUT2D eigenvalue weighted by Gasteiger charge is 2.23. The van der Waals surface area contributed by atoms with Gasteiger partial charge >= 0.3 is 0 Å². The lowest BCUT2D eigenvalue weighted by molar-refractivity contribution is 0.477. The summed E-state index contributed by atoms with van der Waals surface area (Å²) in [6, 6.07) is 5.54. The van der Waals surface area contributed by atoms with E-state index in [4.69, 9.17) is 5.73 Å². The summed E-state index contributed by atoms with van der Waals surface area (Å²) in [5.41, 5.74) is 7.50. The van der Waals surface area contributed by atoms with Crippen molar-refractivity contribution in [3.05, 3.63) is 24.0 Å². The van der Waals surface area contributed by atoms with Crippen molar-refractivity contribution in [2.75, 3.05) is 0 Å². The van der Waals surface area contributed by atoms with Crippen molar-refractivity contribution in [2.24, 2.45) is 5.73 Å². The van der Waals surface area contributed by atoms with Gasteiger partial charge in [0.05, 0.1) is 5.52 Å². The van der Waals surface area contributed by atoms with Crippen molar-refractivity contribution < 1.29 is 5.11 Å². The van der Waals surface area contributed by atoms with Gasteiger partial charge in [-0.3, -0.25) is 0 Å². The summed E-state index contributed by atoms with van der Waals surface area (Å²) in [7, 11) is 0. The normalized spacial score (nSPS) is 20.2. The molecule has 0 aliphatic carbocycles. The number of fused-ring (bicyclic) bond motifs is 3. The van der Waals surface area contributed by atoms with Crippen molar-refractivity contribution >= 4 is 11.0 Å². The largest absolute Gasteiger partial charge is 0.506 e. The number of nitrogens with two attached hydrogens (primary N) is 1. The molecule has 0 saturated heterocycles. The molecule has 1 unspecified atom stereocenters. The molecule has 0 spiro atoms. The van der Waals surface area contributed by atoms with Crippen LogP contribution < -0.4 is 5.73 Å². The number of aromatic nitrogens is 2. The number of hydrogen-bond acceptors (Lipinski definition) is 3. The Hall–Kier alpha value is -1.55. The first kappa shape index (κ1) is 7.82. The highest BCUT2D eigenvalue weighted by molar-refractivity contribution is 5.82. The third-order valence-corrected chi connectivity index (χ3v) is 2.69. The molecule has 4 nitrogen and oxygen atoms in total. The van der Waals surface area contributed by atoms with Gasteiger partial charge in [0.15, 0.2) is 0 Å². The van der Waals surface area contributed by atoms with Gasteiger partial charge in [0, 0.05) is 19.0 Å². The Morgan fingerprint density at radius 3 is 3.21 bits per heavy atom. The monoisotopic (exact) mass is 189 g/mol. The molecule has 3 rings (SSSR count). The van der Waals surface area contributed by atoms with Crippen molar-refractivity contribution in [1.82, 2.24) is 9.55 Å². The zero-order valence-corrected chi connectivity index (χ0v) is 7.64. The standard InChI is InChI=1S/C10H11N3O/c11-6-4-9-12-7-2-1-3-8(14)10(7)13(9)5-6/h1-3,6,14H,4-5,11H2. The second kappa shape index (κ2) is 2.48. The maximum absolute atomic E-state index is 9.71. The predicted octanol–water partition coefficient (Wildman–Crippen LogP) is 0.625. The lowest BCUT2D eigenvalue weighted by Crippen LogP contribution is -2.20. The molecule has 72 valence electrons. The fourth-order valence-corrected chi connectivity index (χ4v) is 2.10. The van der Waals surface area contributed by atoms with E-state index in [0.29, 0.717) is 0 Å². The molecule has 1 aliphatic rings. The molecule has 1 aromatic heterocycles. The third kappa shape index (κ3) is 0.886. The molecule has 0 fully saturated rings. The van der Waals surface area contributed by atoms with Crippen LogP contribution in [0, 0.1) is 0 Å². The van der Waals surface area contributed by atoms with Crippen LogP contribution in [-0.4, -0.2) is 20.7 Å². The number of hydrogen-bond donors (Lipinski definition) is 2. The second-order valence-electron chi connectivity index (χ2n) is 3.75. The van der Waals surface area contributed by atoms with Crippen molar-refractivity contribution in [1.29, 1.82) is 0 Å². The van der Waals surface area contributed by atoms with Gasteiger partial charge in [-0.2, -0.15) is 0 Å². The molecule has 0 saturated carbocycles. The van der Waals surface area contributed by atoms with Crippen LogP contribution in [0.2, 0.25) is 0 Å². The fraction of sp³-hybridized carbons (Fsp3) is 0.300. The van der Waals surface area contributed by atoms with Gasteiger partial charge in [0.25, 0.3) is 0 Å². The first-order valence-electron chi connectivity index (χ1n) is 4.68. The van der Waals surface area contributed by atoms with Crippen LogP contribution >= 0.6 is 0 Å². The van der Waals surface area contributed by atoms with Crippen LogP contribution in [0.4, 0.5) is 0 Å². The highest BCUT2D eigenvalue weighted by atomic mass is 16.3. The summed E-state index contributed by atoms with van der Waals surface area (Å²) in [4.78, 5) is 4.43. The van der Waals surface area contributed by atoms with E-state index in [1.807, 2.05) is 10.6 Å². The van der Waals surface area contributed by atoms with Gasteiger partial charge in [0.2, 0.25) is 0 Å². The minimum absolute atomic E-state index is 0.140. The van der Waals surface area contributed by atoms with E-state index in [-0.39, 0.29) is 11.8 Å². The first-order valence-corrected chi connectivity index (χ1v) is 4.68. The average Bonchev–Trinajstić information content (AvgIpc) is 2.60. The second-order valence-corrected chi connectivity index (χ2v) is 3.75. The van der Waals surface area contributed by atoms with Crippen LogP contribution in [0.5, 0.6) is 5.75 Å². The Balaban J connectivity index is 2.35.